The summed E-state index contributed by atoms with van der Waals surface area (Å²) in [5.74, 6) is 0.538. The fourth-order valence-electron chi connectivity index (χ4n) is 1.93. The van der Waals surface area contributed by atoms with E-state index in [9.17, 15) is 4.79 Å². The molecule has 1 aromatic heterocycles. The topological polar surface area (TPSA) is 68.0 Å². The van der Waals surface area contributed by atoms with E-state index in [-0.39, 0.29) is 24.2 Å². The molecular weight excluding hydrogens is 270 g/mol. The molecule has 4 nitrogen and oxygen atoms in total. The van der Waals surface area contributed by atoms with Gasteiger partial charge in [0.1, 0.15) is 0 Å². The smallest absolute Gasteiger partial charge is 0.230 e. The van der Waals surface area contributed by atoms with Crippen molar-refractivity contribution < 1.29 is 4.79 Å². The summed E-state index contributed by atoms with van der Waals surface area (Å²) in [6.45, 7) is 4.45. The molecule has 1 aliphatic rings. The van der Waals surface area contributed by atoms with Gasteiger partial charge in [0.2, 0.25) is 5.91 Å². The maximum Gasteiger partial charge on any atom is 0.230 e. The molecule has 0 aliphatic heterocycles. The van der Waals surface area contributed by atoms with Gasteiger partial charge in [0.15, 0.2) is 5.13 Å². The number of fused-ring (bicyclic) bond motifs is 1. The molecule has 6 heteroatoms. The van der Waals surface area contributed by atoms with Crippen LogP contribution in [-0.2, 0) is 17.6 Å². The van der Waals surface area contributed by atoms with Gasteiger partial charge in [0, 0.05) is 17.3 Å². The second-order valence-electron chi connectivity index (χ2n) is 4.86. The Morgan fingerprint density at radius 3 is 3.06 bits per heavy atom. The average Bonchev–Trinajstić information content (AvgIpc) is 2.69. The van der Waals surface area contributed by atoms with Gasteiger partial charge in [-0.2, -0.15) is 0 Å². The summed E-state index contributed by atoms with van der Waals surface area (Å²) >= 11 is 1.61. The lowest BCUT2D eigenvalue weighted by Gasteiger charge is -2.15. The zero-order chi connectivity index (χ0) is 12.4. The first-order valence-electron chi connectivity index (χ1n) is 6.09. The number of carbonyl (C=O) groups is 1. The largest absolute Gasteiger partial charge is 0.330 e. The van der Waals surface area contributed by atoms with Crippen LogP contribution in [0.4, 0.5) is 5.13 Å². The van der Waals surface area contributed by atoms with E-state index < -0.39 is 0 Å². The third-order valence-corrected chi connectivity index (χ3v) is 4.25. The lowest BCUT2D eigenvalue weighted by atomic mass is 9.93. The minimum atomic E-state index is -0.158. The van der Waals surface area contributed by atoms with Crippen LogP contribution < -0.4 is 11.1 Å². The minimum absolute atomic E-state index is 0. The molecule has 1 amide bonds. The molecule has 0 aromatic carbocycles. The van der Waals surface area contributed by atoms with Crippen LogP contribution in [-0.4, -0.2) is 17.4 Å². The van der Waals surface area contributed by atoms with Crippen molar-refractivity contribution in [3.8, 4) is 0 Å². The first-order valence-corrected chi connectivity index (χ1v) is 6.91. The van der Waals surface area contributed by atoms with Crippen molar-refractivity contribution in [3.63, 3.8) is 0 Å². The molecule has 0 saturated carbocycles. The Kier molecular flexibility index (Phi) is 5.56. The number of amides is 1. The molecule has 2 rings (SSSR count). The van der Waals surface area contributed by atoms with Gasteiger partial charge in [0.05, 0.1) is 5.69 Å². The Bertz CT molecular complexity index is 421. The molecule has 0 radical (unpaired) electrons. The number of thiazole rings is 1. The first kappa shape index (κ1) is 15.4. The lowest BCUT2D eigenvalue weighted by Crippen LogP contribution is -2.26. The molecule has 1 aromatic rings. The number of nitrogens with two attached hydrogens (primary N) is 1. The van der Waals surface area contributed by atoms with E-state index in [1.807, 2.05) is 6.92 Å². The highest BCUT2D eigenvalue weighted by Gasteiger charge is 2.21. The Morgan fingerprint density at radius 2 is 2.39 bits per heavy atom. The highest BCUT2D eigenvalue weighted by molar-refractivity contribution is 7.15. The SMILES string of the molecule is CC1CCc2nc(NC(=O)C(C)CN)sc2C1.Cl. The summed E-state index contributed by atoms with van der Waals surface area (Å²) in [5.41, 5.74) is 6.63. The monoisotopic (exact) mass is 289 g/mol. The number of rotatable bonds is 3. The molecule has 18 heavy (non-hydrogen) atoms. The number of aromatic nitrogens is 1. The fraction of sp³-hybridized carbons (Fsp3) is 0.667. The molecule has 2 unspecified atom stereocenters. The van der Waals surface area contributed by atoms with Gasteiger partial charge in [-0.05, 0) is 25.2 Å². The third kappa shape index (κ3) is 3.43. The number of halogens is 1. The Balaban J connectivity index is 0.00000162. The van der Waals surface area contributed by atoms with E-state index in [4.69, 9.17) is 5.73 Å². The predicted octanol–water partition coefficient (Wildman–Crippen LogP) is 2.22. The maximum atomic E-state index is 11.7. The van der Waals surface area contributed by atoms with E-state index in [1.165, 1.54) is 17.0 Å². The Morgan fingerprint density at radius 1 is 1.67 bits per heavy atom. The zero-order valence-corrected chi connectivity index (χ0v) is 12.4. The molecular formula is C12H20ClN3OS. The number of aryl methyl sites for hydroxylation is 1. The van der Waals surface area contributed by atoms with Crippen LogP contribution in [0.5, 0.6) is 0 Å². The highest BCUT2D eigenvalue weighted by Crippen LogP contribution is 2.32. The molecule has 1 aliphatic carbocycles. The van der Waals surface area contributed by atoms with Gasteiger partial charge < -0.3 is 11.1 Å². The Labute approximate surface area is 118 Å². The summed E-state index contributed by atoms with van der Waals surface area (Å²) in [6, 6.07) is 0. The van der Waals surface area contributed by atoms with Crippen LogP contribution in [0.2, 0.25) is 0 Å². The van der Waals surface area contributed by atoms with Gasteiger partial charge in [-0.3, -0.25) is 4.79 Å². The highest BCUT2D eigenvalue weighted by atomic mass is 35.5. The van der Waals surface area contributed by atoms with Crippen molar-refractivity contribution in [2.75, 3.05) is 11.9 Å². The fourth-order valence-corrected chi connectivity index (χ4v) is 3.10. The van der Waals surface area contributed by atoms with Crippen molar-refractivity contribution in [2.24, 2.45) is 17.6 Å². The van der Waals surface area contributed by atoms with E-state index in [0.717, 1.165) is 23.9 Å². The summed E-state index contributed by atoms with van der Waals surface area (Å²) in [7, 11) is 0. The van der Waals surface area contributed by atoms with E-state index in [2.05, 4.69) is 17.2 Å². The van der Waals surface area contributed by atoms with Gasteiger partial charge in [-0.25, -0.2) is 4.98 Å². The van der Waals surface area contributed by atoms with Crippen molar-refractivity contribution >= 4 is 34.8 Å². The molecule has 0 fully saturated rings. The van der Waals surface area contributed by atoms with Crippen LogP contribution in [0.25, 0.3) is 0 Å². The normalized spacial score (nSPS) is 19.6. The molecule has 2 atom stereocenters. The number of nitrogens with zero attached hydrogens (tertiary/aromatic N) is 1. The molecule has 3 N–H and O–H groups in total. The van der Waals surface area contributed by atoms with Crippen LogP contribution >= 0.6 is 23.7 Å². The van der Waals surface area contributed by atoms with Crippen molar-refractivity contribution in [1.29, 1.82) is 0 Å². The summed E-state index contributed by atoms with van der Waals surface area (Å²) in [6.07, 6.45) is 3.33. The summed E-state index contributed by atoms with van der Waals surface area (Å²) < 4.78 is 0. The van der Waals surface area contributed by atoms with Crippen LogP contribution in [0.1, 0.15) is 30.8 Å². The van der Waals surface area contributed by atoms with Gasteiger partial charge in [-0.1, -0.05) is 13.8 Å². The first-order chi connectivity index (χ1) is 8.10. The summed E-state index contributed by atoms with van der Waals surface area (Å²) in [5, 5.41) is 3.58. The molecule has 0 bridgehead atoms. The van der Waals surface area contributed by atoms with Crippen LogP contribution in [0, 0.1) is 11.8 Å². The summed E-state index contributed by atoms with van der Waals surface area (Å²) in [4.78, 5) is 17.5. The van der Waals surface area contributed by atoms with Crippen molar-refractivity contribution in [1.82, 2.24) is 4.98 Å². The van der Waals surface area contributed by atoms with Gasteiger partial charge >= 0.3 is 0 Å². The zero-order valence-electron chi connectivity index (χ0n) is 10.7. The van der Waals surface area contributed by atoms with Gasteiger partial charge in [-0.15, -0.1) is 23.7 Å². The van der Waals surface area contributed by atoms with E-state index >= 15 is 0 Å². The van der Waals surface area contributed by atoms with Crippen LogP contribution in [0.3, 0.4) is 0 Å². The number of hydrogen-bond donors (Lipinski definition) is 2. The van der Waals surface area contributed by atoms with E-state index in [0.29, 0.717) is 6.54 Å². The Hall–Kier alpha value is -0.650. The third-order valence-electron chi connectivity index (χ3n) is 3.22. The number of carbonyl (C=O) groups excluding carboxylic acids is 1. The van der Waals surface area contributed by atoms with Crippen molar-refractivity contribution in [3.05, 3.63) is 10.6 Å². The number of anilines is 1. The van der Waals surface area contributed by atoms with Gasteiger partial charge in [0.25, 0.3) is 0 Å². The van der Waals surface area contributed by atoms with Crippen molar-refractivity contribution in [2.45, 2.75) is 33.1 Å². The maximum absolute atomic E-state index is 11.7. The number of hydrogen-bond acceptors (Lipinski definition) is 4. The predicted molar refractivity (Wildman–Crippen MR) is 77.4 cm³/mol. The standard InChI is InChI=1S/C12H19N3OS.ClH/c1-7-3-4-9-10(5-7)17-12(14-9)15-11(16)8(2)6-13;/h7-8H,3-6,13H2,1-2H3,(H,14,15,16);1H. The second-order valence-corrected chi connectivity index (χ2v) is 5.95. The molecule has 0 saturated heterocycles. The minimum Gasteiger partial charge on any atom is -0.330 e. The van der Waals surface area contributed by atoms with Crippen LogP contribution in [0.15, 0.2) is 0 Å². The van der Waals surface area contributed by atoms with E-state index in [1.54, 1.807) is 11.3 Å². The molecule has 102 valence electrons. The number of nitrogens with one attached hydrogen (secondary N) is 1. The quantitative estimate of drug-likeness (QED) is 0.896. The average molecular weight is 290 g/mol. The molecule has 0 spiro atoms. The second kappa shape index (κ2) is 6.50. The lowest BCUT2D eigenvalue weighted by molar-refractivity contribution is -0.119. The molecule has 1 heterocycles.